The molecule has 1 aliphatic rings. The van der Waals surface area contributed by atoms with Gasteiger partial charge in [-0.2, -0.15) is 0 Å². The number of nitrogens with two attached hydrogens (primary N) is 1. The monoisotopic (exact) mass is 346 g/mol. The Hall–Kier alpha value is -2.32. The molecular weight excluding hydrogens is 328 g/mol. The quantitative estimate of drug-likeness (QED) is 0.653. The maximum absolute atomic E-state index is 12.3. The first-order valence-electron chi connectivity index (χ1n) is 7.79. The summed E-state index contributed by atoms with van der Waals surface area (Å²) in [6, 6.07) is 6.54. The molecule has 126 valence electrons. The number of carbonyl (C=O) groups is 1. The van der Waals surface area contributed by atoms with Crippen LogP contribution in [0.25, 0.3) is 10.6 Å². The molecule has 0 unspecified atom stereocenters. The van der Waals surface area contributed by atoms with Crippen LogP contribution < -0.4 is 11.1 Å². The second kappa shape index (κ2) is 7.06. The number of amides is 1. The number of aromatic nitrogens is 1. The van der Waals surface area contributed by atoms with Gasteiger partial charge in [0, 0.05) is 35.2 Å². The second-order valence-corrected chi connectivity index (χ2v) is 6.79. The standard InChI is InChI=1S/C16H18N4O3S/c17-11-3-5-12(6-4-11)18-15(21)14-9-24-16(19-14)10-1-7-13(8-2-10)20(22)23/h1-2,7-9,11-12H,3-6,17H2,(H,18,21). The third-order valence-electron chi connectivity index (χ3n) is 4.17. The van der Waals surface area contributed by atoms with E-state index >= 15 is 0 Å². The fourth-order valence-corrected chi connectivity index (χ4v) is 3.57. The summed E-state index contributed by atoms with van der Waals surface area (Å²) in [4.78, 5) is 26.9. The Morgan fingerprint density at radius 2 is 1.92 bits per heavy atom. The van der Waals surface area contributed by atoms with Gasteiger partial charge in [-0.05, 0) is 37.8 Å². The lowest BCUT2D eigenvalue weighted by Crippen LogP contribution is -2.40. The molecule has 0 saturated heterocycles. The van der Waals surface area contributed by atoms with Crippen LogP contribution in [0.2, 0.25) is 0 Å². The van der Waals surface area contributed by atoms with Gasteiger partial charge in [-0.15, -0.1) is 11.3 Å². The van der Waals surface area contributed by atoms with Crippen molar-refractivity contribution in [3.05, 3.63) is 45.5 Å². The van der Waals surface area contributed by atoms with Gasteiger partial charge in [-0.25, -0.2) is 4.98 Å². The predicted octanol–water partition coefficient (Wildman–Crippen LogP) is 2.72. The van der Waals surface area contributed by atoms with Crippen LogP contribution in [-0.2, 0) is 0 Å². The Morgan fingerprint density at radius 3 is 2.54 bits per heavy atom. The van der Waals surface area contributed by atoms with Crippen molar-refractivity contribution in [3.63, 3.8) is 0 Å². The Kier molecular flexibility index (Phi) is 4.86. The van der Waals surface area contributed by atoms with Crippen LogP contribution in [0.15, 0.2) is 29.6 Å². The fourth-order valence-electron chi connectivity index (χ4n) is 2.76. The maximum atomic E-state index is 12.3. The highest BCUT2D eigenvalue weighted by Crippen LogP contribution is 2.26. The van der Waals surface area contributed by atoms with Gasteiger partial charge < -0.3 is 11.1 Å². The largest absolute Gasteiger partial charge is 0.348 e. The summed E-state index contributed by atoms with van der Waals surface area (Å²) in [6.07, 6.45) is 3.64. The highest BCUT2D eigenvalue weighted by Gasteiger charge is 2.21. The third kappa shape index (κ3) is 3.77. The average Bonchev–Trinajstić information content (AvgIpc) is 3.07. The van der Waals surface area contributed by atoms with Gasteiger partial charge in [0.2, 0.25) is 0 Å². The fraction of sp³-hybridized carbons (Fsp3) is 0.375. The van der Waals surface area contributed by atoms with E-state index in [4.69, 9.17) is 5.73 Å². The van der Waals surface area contributed by atoms with Gasteiger partial charge in [-0.3, -0.25) is 14.9 Å². The third-order valence-corrected chi connectivity index (χ3v) is 5.06. The minimum atomic E-state index is -0.444. The lowest BCUT2D eigenvalue weighted by Gasteiger charge is -2.26. The van der Waals surface area contributed by atoms with E-state index in [9.17, 15) is 14.9 Å². The number of carbonyl (C=O) groups excluding carboxylic acids is 1. The van der Waals surface area contributed by atoms with Crippen molar-refractivity contribution in [1.82, 2.24) is 10.3 Å². The summed E-state index contributed by atoms with van der Waals surface area (Å²) < 4.78 is 0. The van der Waals surface area contributed by atoms with E-state index in [1.807, 2.05) is 0 Å². The zero-order valence-corrected chi connectivity index (χ0v) is 13.8. The van der Waals surface area contributed by atoms with E-state index in [-0.39, 0.29) is 23.7 Å². The van der Waals surface area contributed by atoms with Crippen LogP contribution in [0.4, 0.5) is 5.69 Å². The molecule has 7 nitrogen and oxygen atoms in total. The molecule has 1 aliphatic carbocycles. The molecule has 24 heavy (non-hydrogen) atoms. The van der Waals surface area contributed by atoms with Crippen LogP contribution in [0.3, 0.4) is 0 Å². The molecule has 3 rings (SSSR count). The normalized spacial score (nSPS) is 20.5. The molecule has 2 aromatic rings. The molecule has 1 aromatic heterocycles. The number of thiazole rings is 1. The summed E-state index contributed by atoms with van der Waals surface area (Å²) in [6.45, 7) is 0. The van der Waals surface area contributed by atoms with Gasteiger partial charge in [0.25, 0.3) is 11.6 Å². The van der Waals surface area contributed by atoms with E-state index < -0.39 is 4.92 Å². The Labute approximate surface area is 143 Å². The van der Waals surface area contributed by atoms with Gasteiger partial charge in [-0.1, -0.05) is 0 Å². The highest BCUT2D eigenvalue weighted by molar-refractivity contribution is 7.13. The lowest BCUT2D eigenvalue weighted by atomic mass is 9.92. The summed E-state index contributed by atoms with van der Waals surface area (Å²) in [5, 5.41) is 16.1. The first-order valence-corrected chi connectivity index (χ1v) is 8.67. The zero-order chi connectivity index (χ0) is 17.1. The SMILES string of the molecule is NC1CCC(NC(=O)c2csc(-c3ccc([N+](=O)[O-])cc3)n2)CC1. The Balaban J connectivity index is 1.66. The molecule has 1 aromatic carbocycles. The van der Waals surface area contributed by atoms with Gasteiger partial charge in [0.1, 0.15) is 10.7 Å². The number of hydrogen-bond acceptors (Lipinski definition) is 6. The van der Waals surface area contributed by atoms with Crippen LogP contribution >= 0.6 is 11.3 Å². The maximum Gasteiger partial charge on any atom is 0.270 e. The molecule has 1 saturated carbocycles. The van der Waals surface area contributed by atoms with Crippen LogP contribution in [0.1, 0.15) is 36.2 Å². The van der Waals surface area contributed by atoms with Crippen LogP contribution in [-0.4, -0.2) is 27.9 Å². The Bertz CT molecular complexity index is 736. The van der Waals surface area contributed by atoms with Crippen molar-refractivity contribution in [2.45, 2.75) is 37.8 Å². The van der Waals surface area contributed by atoms with Crippen LogP contribution in [0.5, 0.6) is 0 Å². The van der Waals surface area contributed by atoms with Crippen molar-refractivity contribution in [2.75, 3.05) is 0 Å². The van der Waals surface area contributed by atoms with E-state index in [0.717, 1.165) is 31.2 Å². The van der Waals surface area contributed by atoms with Crippen molar-refractivity contribution in [3.8, 4) is 10.6 Å². The molecule has 8 heteroatoms. The number of nitrogens with zero attached hydrogens (tertiary/aromatic N) is 2. The first kappa shape index (κ1) is 16.5. The molecule has 3 N–H and O–H groups in total. The van der Waals surface area contributed by atoms with Gasteiger partial charge >= 0.3 is 0 Å². The summed E-state index contributed by atoms with van der Waals surface area (Å²) in [7, 11) is 0. The van der Waals surface area contributed by atoms with E-state index in [1.165, 1.54) is 23.5 Å². The molecule has 1 heterocycles. The summed E-state index contributed by atoms with van der Waals surface area (Å²) in [5.74, 6) is -0.181. The smallest absolute Gasteiger partial charge is 0.270 e. The molecule has 0 atom stereocenters. The molecule has 0 bridgehead atoms. The van der Waals surface area contributed by atoms with Crippen molar-refractivity contribution in [1.29, 1.82) is 0 Å². The van der Waals surface area contributed by atoms with E-state index in [0.29, 0.717) is 10.7 Å². The topological polar surface area (TPSA) is 111 Å². The first-order chi connectivity index (χ1) is 11.5. The van der Waals surface area contributed by atoms with E-state index in [2.05, 4.69) is 10.3 Å². The van der Waals surface area contributed by atoms with Crippen LogP contribution in [0, 0.1) is 10.1 Å². The number of rotatable bonds is 4. The molecule has 0 aliphatic heterocycles. The minimum absolute atomic E-state index is 0.0313. The van der Waals surface area contributed by atoms with Gasteiger partial charge in [0.05, 0.1) is 4.92 Å². The highest BCUT2D eigenvalue weighted by atomic mass is 32.1. The number of nitro benzene ring substituents is 1. The number of nitrogens with one attached hydrogen (secondary N) is 1. The Morgan fingerprint density at radius 1 is 1.25 bits per heavy atom. The lowest BCUT2D eigenvalue weighted by molar-refractivity contribution is -0.384. The van der Waals surface area contributed by atoms with Gasteiger partial charge in [0.15, 0.2) is 0 Å². The zero-order valence-electron chi connectivity index (χ0n) is 13.0. The molecule has 1 amide bonds. The number of hydrogen-bond donors (Lipinski definition) is 2. The molecule has 0 spiro atoms. The molecule has 0 radical (unpaired) electrons. The second-order valence-electron chi connectivity index (χ2n) is 5.93. The average molecular weight is 346 g/mol. The number of nitro groups is 1. The number of benzene rings is 1. The number of non-ortho nitro benzene ring substituents is 1. The molecular formula is C16H18N4O3S. The van der Waals surface area contributed by atoms with Crippen molar-refractivity contribution >= 4 is 22.9 Å². The minimum Gasteiger partial charge on any atom is -0.348 e. The summed E-state index contributed by atoms with van der Waals surface area (Å²) >= 11 is 1.35. The molecule has 1 fully saturated rings. The predicted molar refractivity (Wildman–Crippen MR) is 91.9 cm³/mol. The van der Waals surface area contributed by atoms with Crippen molar-refractivity contribution < 1.29 is 9.72 Å². The van der Waals surface area contributed by atoms with E-state index in [1.54, 1.807) is 17.5 Å². The summed E-state index contributed by atoms with van der Waals surface area (Å²) in [5.41, 5.74) is 7.04. The van der Waals surface area contributed by atoms with Crippen molar-refractivity contribution in [2.24, 2.45) is 5.73 Å².